The second-order valence-electron chi connectivity index (χ2n) is 6.60. The van der Waals surface area contributed by atoms with Gasteiger partial charge in [-0.25, -0.2) is 4.79 Å². The highest BCUT2D eigenvalue weighted by Gasteiger charge is 2.22. The van der Waals surface area contributed by atoms with Gasteiger partial charge >= 0.3 is 6.03 Å². The first-order chi connectivity index (χ1) is 11.0. The number of amides is 2. The van der Waals surface area contributed by atoms with E-state index in [4.69, 9.17) is 0 Å². The lowest BCUT2D eigenvalue weighted by molar-refractivity contribution is 0.178. The molecule has 2 aromatic rings. The van der Waals surface area contributed by atoms with Crippen molar-refractivity contribution in [3.63, 3.8) is 0 Å². The van der Waals surface area contributed by atoms with E-state index >= 15 is 0 Å². The van der Waals surface area contributed by atoms with Crippen LogP contribution in [0.25, 0.3) is 10.9 Å². The summed E-state index contributed by atoms with van der Waals surface area (Å²) in [5, 5.41) is 4.40. The molecule has 0 unspecified atom stereocenters. The molecule has 1 heterocycles. The summed E-state index contributed by atoms with van der Waals surface area (Å²) >= 11 is 0. The highest BCUT2D eigenvalue weighted by Crippen LogP contribution is 2.27. The van der Waals surface area contributed by atoms with Gasteiger partial charge in [0, 0.05) is 41.6 Å². The highest BCUT2D eigenvalue weighted by atomic mass is 16.2. The molecule has 0 aliphatic rings. The fourth-order valence-electron chi connectivity index (χ4n) is 2.98. The van der Waals surface area contributed by atoms with Crippen molar-refractivity contribution >= 4 is 16.9 Å². The second kappa shape index (κ2) is 7.53. The van der Waals surface area contributed by atoms with Crippen molar-refractivity contribution < 1.29 is 4.79 Å². The number of hydrogen-bond acceptors (Lipinski definition) is 1. The maximum atomic E-state index is 12.5. The minimum absolute atomic E-state index is 0.0287. The van der Waals surface area contributed by atoms with Gasteiger partial charge in [0.05, 0.1) is 0 Å². The van der Waals surface area contributed by atoms with Crippen LogP contribution in [0.5, 0.6) is 0 Å². The molecular weight excluding hydrogens is 286 g/mol. The Morgan fingerprint density at radius 2 is 1.91 bits per heavy atom. The zero-order valence-corrected chi connectivity index (χ0v) is 14.9. The number of benzene rings is 1. The van der Waals surface area contributed by atoms with E-state index in [0.29, 0.717) is 0 Å². The van der Waals surface area contributed by atoms with E-state index in [1.807, 2.05) is 11.0 Å². The van der Waals surface area contributed by atoms with Gasteiger partial charge in [-0.05, 0) is 38.8 Å². The van der Waals surface area contributed by atoms with Crippen LogP contribution >= 0.6 is 0 Å². The summed E-state index contributed by atoms with van der Waals surface area (Å²) in [6.07, 6.45) is 3.03. The number of H-pyrrole nitrogens is 1. The SMILES string of the molecule is CCCN(C(=O)N[C@@H](C)[C@H](C)c1c[nH]c2ccccc12)C(C)C. The molecular formula is C19H29N3O. The van der Waals surface area contributed by atoms with E-state index < -0.39 is 0 Å². The number of para-hydroxylation sites is 1. The van der Waals surface area contributed by atoms with Crippen molar-refractivity contribution in [2.24, 2.45) is 0 Å². The summed E-state index contributed by atoms with van der Waals surface area (Å²) in [5.74, 6) is 0.241. The lowest BCUT2D eigenvalue weighted by Gasteiger charge is -2.30. The molecule has 0 aliphatic carbocycles. The predicted molar refractivity (Wildman–Crippen MR) is 96.8 cm³/mol. The van der Waals surface area contributed by atoms with Crippen LogP contribution in [0.1, 0.15) is 52.5 Å². The van der Waals surface area contributed by atoms with Crippen molar-refractivity contribution in [1.82, 2.24) is 15.2 Å². The van der Waals surface area contributed by atoms with E-state index in [1.165, 1.54) is 10.9 Å². The number of carbonyl (C=O) groups is 1. The molecule has 126 valence electrons. The van der Waals surface area contributed by atoms with Gasteiger partial charge in [0.2, 0.25) is 0 Å². The van der Waals surface area contributed by atoms with Crippen LogP contribution < -0.4 is 5.32 Å². The van der Waals surface area contributed by atoms with Gasteiger partial charge in [-0.15, -0.1) is 0 Å². The van der Waals surface area contributed by atoms with Gasteiger partial charge in [-0.1, -0.05) is 32.0 Å². The van der Waals surface area contributed by atoms with Crippen LogP contribution in [0.3, 0.4) is 0 Å². The van der Waals surface area contributed by atoms with Crippen molar-refractivity contribution in [3.8, 4) is 0 Å². The highest BCUT2D eigenvalue weighted by molar-refractivity contribution is 5.84. The normalized spacial score (nSPS) is 14.0. The molecule has 2 atom stereocenters. The van der Waals surface area contributed by atoms with Crippen LogP contribution in [-0.2, 0) is 0 Å². The van der Waals surface area contributed by atoms with Crippen LogP contribution in [0.15, 0.2) is 30.5 Å². The molecule has 0 spiro atoms. The van der Waals surface area contributed by atoms with E-state index in [1.54, 1.807) is 0 Å². The average molecular weight is 315 g/mol. The number of nitrogens with one attached hydrogen (secondary N) is 2. The Bertz CT molecular complexity index is 647. The van der Waals surface area contributed by atoms with Crippen molar-refractivity contribution in [2.45, 2.75) is 59.0 Å². The summed E-state index contributed by atoms with van der Waals surface area (Å²) in [6, 6.07) is 8.60. The zero-order valence-electron chi connectivity index (χ0n) is 14.9. The summed E-state index contributed by atoms with van der Waals surface area (Å²) in [4.78, 5) is 17.7. The number of rotatable bonds is 6. The second-order valence-corrected chi connectivity index (χ2v) is 6.60. The molecule has 2 N–H and O–H groups in total. The van der Waals surface area contributed by atoms with Gasteiger partial charge in [0.25, 0.3) is 0 Å². The first-order valence-corrected chi connectivity index (χ1v) is 8.58. The largest absolute Gasteiger partial charge is 0.361 e. The molecule has 0 radical (unpaired) electrons. The van der Waals surface area contributed by atoms with Gasteiger partial charge < -0.3 is 15.2 Å². The Morgan fingerprint density at radius 1 is 1.22 bits per heavy atom. The molecule has 1 aromatic heterocycles. The van der Waals surface area contributed by atoms with Crippen molar-refractivity contribution in [3.05, 3.63) is 36.0 Å². The van der Waals surface area contributed by atoms with Crippen molar-refractivity contribution in [1.29, 1.82) is 0 Å². The van der Waals surface area contributed by atoms with Crippen molar-refractivity contribution in [2.75, 3.05) is 6.54 Å². The Kier molecular flexibility index (Phi) is 5.69. The third kappa shape index (κ3) is 3.87. The molecule has 2 amide bonds. The monoisotopic (exact) mass is 315 g/mol. The third-order valence-corrected chi connectivity index (χ3v) is 4.56. The van der Waals surface area contributed by atoms with Gasteiger partial charge in [0.15, 0.2) is 0 Å². The predicted octanol–water partition coefficient (Wildman–Crippen LogP) is 4.49. The maximum absolute atomic E-state index is 12.5. The summed E-state index contributed by atoms with van der Waals surface area (Å²) in [5.41, 5.74) is 2.39. The minimum atomic E-state index is 0.0287. The first-order valence-electron chi connectivity index (χ1n) is 8.58. The topological polar surface area (TPSA) is 48.1 Å². The van der Waals surface area contributed by atoms with Gasteiger partial charge in [0.1, 0.15) is 0 Å². The number of urea groups is 1. The number of carbonyl (C=O) groups excluding carboxylic acids is 1. The third-order valence-electron chi connectivity index (χ3n) is 4.56. The molecule has 0 fully saturated rings. The Hall–Kier alpha value is -1.97. The van der Waals surface area contributed by atoms with Crippen LogP contribution in [-0.4, -0.2) is 34.5 Å². The van der Waals surface area contributed by atoms with E-state index in [0.717, 1.165) is 18.5 Å². The molecule has 4 nitrogen and oxygen atoms in total. The number of nitrogens with zero attached hydrogens (tertiary/aromatic N) is 1. The van der Waals surface area contributed by atoms with E-state index in [2.05, 4.69) is 69.3 Å². The maximum Gasteiger partial charge on any atom is 0.317 e. The number of fused-ring (bicyclic) bond motifs is 1. The van der Waals surface area contributed by atoms with Crippen LogP contribution in [0, 0.1) is 0 Å². The average Bonchev–Trinajstić information content (AvgIpc) is 2.95. The molecule has 0 bridgehead atoms. The molecule has 2 rings (SSSR count). The summed E-state index contributed by atoms with van der Waals surface area (Å²) < 4.78 is 0. The fraction of sp³-hybridized carbons (Fsp3) is 0.526. The first kappa shape index (κ1) is 17.4. The van der Waals surface area contributed by atoms with E-state index in [9.17, 15) is 4.79 Å². The van der Waals surface area contributed by atoms with Gasteiger partial charge in [-0.3, -0.25) is 0 Å². The molecule has 0 saturated heterocycles. The lowest BCUT2D eigenvalue weighted by Crippen LogP contribution is -2.48. The molecule has 1 aromatic carbocycles. The fourth-order valence-corrected chi connectivity index (χ4v) is 2.98. The number of aromatic amines is 1. The number of aromatic nitrogens is 1. The molecule has 23 heavy (non-hydrogen) atoms. The summed E-state index contributed by atoms with van der Waals surface area (Å²) in [6.45, 7) is 11.2. The molecule has 4 heteroatoms. The molecule has 0 saturated carbocycles. The van der Waals surface area contributed by atoms with Crippen LogP contribution in [0.2, 0.25) is 0 Å². The Balaban J connectivity index is 2.10. The number of hydrogen-bond donors (Lipinski definition) is 2. The quantitative estimate of drug-likeness (QED) is 0.810. The van der Waals surface area contributed by atoms with Crippen LogP contribution in [0.4, 0.5) is 4.79 Å². The lowest BCUT2D eigenvalue weighted by atomic mass is 9.94. The Labute approximate surface area is 139 Å². The zero-order chi connectivity index (χ0) is 17.0. The smallest absolute Gasteiger partial charge is 0.317 e. The Morgan fingerprint density at radius 3 is 2.57 bits per heavy atom. The summed E-state index contributed by atoms with van der Waals surface area (Å²) in [7, 11) is 0. The van der Waals surface area contributed by atoms with Gasteiger partial charge in [-0.2, -0.15) is 0 Å². The standard InChI is InChI=1S/C19H29N3O/c1-6-11-22(13(2)3)19(23)21-15(5)14(4)17-12-20-18-10-8-7-9-16(17)18/h7-10,12-15,20H,6,11H2,1-5H3,(H,21,23)/t14-,15-/m0/s1. The van der Waals surface area contributed by atoms with E-state index in [-0.39, 0.29) is 24.0 Å². The minimum Gasteiger partial charge on any atom is -0.361 e. The molecule has 0 aliphatic heterocycles.